The van der Waals surface area contributed by atoms with Crippen molar-refractivity contribution in [2.45, 2.75) is 13.5 Å². The maximum atomic E-state index is 13.7. The van der Waals surface area contributed by atoms with Crippen LogP contribution in [-0.4, -0.2) is 11.5 Å². The van der Waals surface area contributed by atoms with Crippen molar-refractivity contribution in [2.24, 2.45) is 0 Å². The summed E-state index contributed by atoms with van der Waals surface area (Å²) in [6, 6.07) is 4.19. The van der Waals surface area contributed by atoms with Gasteiger partial charge in [0.15, 0.2) is 11.6 Å². The highest BCUT2D eigenvalue weighted by Crippen LogP contribution is 2.30. The van der Waals surface area contributed by atoms with Gasteiger partial charge >= 0.3 is 0 Å². The van der Waals surface area contributed by atoms with E-state index in [1.54, 1.807) is 12.3 Å². The lowest BCUT2D eigenvalue weighted by Gasteiger charge is -2.12. The van der Waals surface area contributed by atoms with Crippen molar-refractivity contribution in [3.8, 4) is 11.5 Å². The molecule has 0 amide bonds. The molecule has 1 aromatic carbocycles. The molecule has 2 aromatic rings. The van der Waals surface area contributed by atoms with Crippen molar-refractivity contribution in [3.63, 3.8) is 0 Å². The van der Waals surface area contributed by atoms with Crippen LogP contribution >= 0.6 is 15.9 Å². The monoisotopic (exact) mass is 342 g/mol. The number of pyridine rings is 1. The zero-order chi connectivity index (χ0) is 14.5. The van der Waals surface area contributed by atoms with Gasteiger partial charge in [-0.15, -0.1) is 0 Å². The van der Waals surface area contributed by atoms with E-state index >= 15 is 0 Å². The van der Waals surface area contributed by atoms with Crippen LogP contribution in [0.3, 0.4) is 0 Å². The predicted molar refractivity (Wildman–Crippen MR) is 75.7 cm³/mol. The van der Waals surface area contributed by atoms with Gasteiger partial charge in [0.2, 0.25) is 5.82 Å². The first-order chi connectivity index (χ1) is 9.61. The summed E-state index contributed by atoms with van der Waals surface area (Å²) in [5, 5.41) is 3.14. The average molecular weight is 343 g/mol. The second-order valence-corrected chi connectivity index (χ2v) is 4.98. The van der Waals surface area contributed by atoms with E-state index in [9.17, 15) is 8.78 Å². The molecule has 6 heteroatoms. The third-order valence-electron chi connectivity index (χ3n) is 2.62. The largest absolute Gasteiger partial charge is 0.452 e. The molecule has 3 nitrogen and oxygen atoms in total. The van der Waals surface area contributed by atoms with Gasteiger partial charge in [-0.25, -0.2) is 4.39 Å². The summed E-state index contributed by atoms with van der Waals surface area (Å²) in [6.07, 6.45) is 3.10. The first-order valence-corrected chi connectivity index (χ1v) is 6.87. The van der Waals surface area contributed by atoms with Crippen molar-refractivity contribution in [3.05, 3.63) is 52.3 Å². The highest BCUT2D eigenvalue weighted by atomic mass is 79.9. The van der Waals surface area contributed by atoms with Crippen molar-refractivity contribution < 1.29 is 13.5 Å². The van der Waals surface area contributed by atoms with Crippen LogP contribution in [0.4, 0.5) is 8.78 Å². The molecule has 0 bridgehead atoms. The Morgan fingerprint density at radius 1 is 1.30 bits per heavy atom. The fourth-order valence-electron chi connectivity index (χ4n) is 1.63. The highest BCUT2D eigenvalue weighted by molar-refractivity contribution is 9.10. The van der Waals surface area contributed by atoms with Crippen LogP contribution in [0.15, 0.2) is 35.1 Å². The quantitative estimate of drug-likeness (QED) is 0.833. The molecular weight excluding hydrogens is 330 g/mol. The van der Waals surface area contributed by atoms with Crippen LogP contribution < -0.4 is 10.1 Å². The standard InChI is InChI=1S/C14H13BrF2N2O/c1-2-18-7-9-3-4-19-8-13(9)20-12-6-10(15)5-11(16)14(12)17/h3-6,8,18H,2,7H2,1H3. The van der Waals surface area contributed by atoms with Crippen LogP contribution in [0, 0.1) is 11.6 Å². The number of benzene rings is 1. The fourth-order valence-corrected chi connectivity index (χ4v) is 2.04. The molecule has 106 valence electrons. The minimum absolute atomic E-state index is 0.178. The van der Waals surface area contributed by atoms with E-state index < -0.39 is 11.6 Å². The van der Waals surface area contributed by atoms with Gasteiger partial charge in [-0.2, -0.15) is 4.39 Å². The number of nitrogens with zero attached hydrogens (tertiary/aromatic N) is 1. The molecule has 0 aliphatic rings. The molecule has 0 aliphatic carbocycles. The van der Waals surface area contributed by atoms with Crippen LogP contribution in [0.1, 0.15) is 12.5 Å². The predicted octanol–water partition coefficient (Wildman–Crippen LogP) is 4.02. The number of rotatable bonds is 5. The molecule has 0 unspecified atom stereocenters. The average Bonchev–Trinajstić information content (AvgIpc) is 2.43. The number of nitrogens with one attached hydrogen (secondary N) is 1. The zero-order valence-electron chi connectivity index (χ0n) is 10.8. The van der Waals surface area contributed by atoms with E-state index in [1.165, 1.54) is 12.3 Å². The maximum absolute atomic E-state index is 13.7. The smallest absolute Gasteiger partial charge is 0.201 e. The Labute approximate surface area is 124 Å². The second kappa shape index (κ2) is 6.76. The normalized spacial score (nSPS) is 10.6. The van der Waals surface area contributed by atoms with Crippen molar-refractivity contribution in [2.75, 3.05) is 6.54 Å². The fraction of sp³-hybridized carbons (Fsp3) is 0.214. The molecule has 0 saturated carbocycles. The summed E-state index contributed by atoms with van der Waals surface area (Å²) < 4.78 is 32.9. The number of halogens is 3. The Morgan fingerprint density at radius 2 is 2.10 bits per heavy atom. The Kier molecular flexibility index (Phi) is 5.03. The number of ether oxygens (including phenoxy) is 1. The molecule has 1 heterocycles. The van der Waals surface area contributed by atoms with E-state index in [-0.39, 0.29) is 5.75 Å². The lowest BCUT2D eigenvalue weighted by Crippen LogP contribution is -2.12. The summed E-state index contributed by atoms with van der Waals surface area (Å²) in [5.41, 5.74) is 0.821. The molecule has 0 aliphatic heterocycles. The molecule has 2 rings (SSSR count). The lowest BCUT2D eigenvalue weighted by molar-refractivity contribution is 0.410. The summed E-state index contributed by atoms with van der Waals surface area (Å²) >= 11 is 3.11. The highest BCUT2D eigenvalue weighted by Gasteiger charge is 2.14. The summed E-state index contributed by atoms with van der Waals surface area (Å²) in [6.45, 7) is 3.33. The van der Waals surface area contributed by atoms with Gasteiger partial charge in [0.05, 0.1) is 6.20 Å². The van der Waals surface area contributed by atoms with Crippen molar-refractivity contribution in [1.29, 1.82) is 0 Å². The first-order valence-electron chi connectivity index (χ1n) is 6.07. The number of aromatic nitrogens is 1. The van der Waals surface area contributed by atoms with Crippen molar-refractivity contribution in [1.82, 2.24) is 10.3 Å². The second-order valence-electron chi connectivity index (χ2n) is 4.07. The molecule has 1 N–H and O–H groups in total. The summed E-state index contributed by atoms with van der Waals surface area (Å²) in [7, 11) is 0. The van der Waals surface area contributed by atoms with Crippen molar-refractivity contribution >= 4 is 15.9 Å². The Bertz CT molecular complexity index is 608. The van der Waals surface area contributed by atoms with E-state index in [0.717, 1.165) is 18.2 Å². The van der Waals surface area contributed by atoms with Gasteiger partial charge in [0, 0.05) is 22.8 Å². The summed E-state index contributed by atoms with van der Waals surface area (Å²) in [4.78, 5) is 3.94. The third-order valence-corrected chi connectivity index (χ3v) is 3.07. The van der Waals surface area contributed by atoms with Crippen LogP contribution in [0.2, 0.25) is 0 Å². The third kappa shape index (κ3) is 3.52. The van der Waals surface area contributed by atoms with E-state index in [1.807, 2.05) is 6.92 Å². The molecule has 0 saturated heterocycles. The molecular formula is C14H13BrF2N2O. The van der Waals surface area contributed by atoms with E-state index in [4.69, 9.17) is 4.74 Å². The first kappa shape index (κ1) is 14.9. The van der Waals surface area contributed by atoms with Crippen LogP contribution in [-0.2, 0) is 6.54 Å². The molecule has 1 aromatic heterocycles. The molecule has 0 fully saturated rings. The van der Waals surface area contributed by atoms with Gasteiger partial charge < -0.3 is 10.1 Å². The van der Waals surface area contributed by atoms with Gasteiger partial charge in [0.1, 0.15) is 5.75 Å². The SMILES string of the molecule is CCNCc1ccncc1Oc1cc(Br)cc(F)c1F. The van der Waals surface area contributed by atoms with Crippen LogP contribution in [0.5, 0.6) is 11.5 Å². The van der Waals surface area contributed by atoms with E-state index in [0.29, 0.717) is 16.8 Å². The van der Waals surface area contributed by atoms with Gasteiger partial charge in [-0.05, 0) is 24.7 Å². The molecule has 0 atom stereocenters. The van der Waals surface area contributed by atoms with Gasteiger partial charge in [0.25, 0.3) is 0 Å². The minimum Gasteiger partial charge on any atom is -0.452 e. The molecule has 0 spiro atoms. The van der Waals surface area contributed by atoms with Gasteiger partial charge in [-0.1, -0.05) is 22.9 Å². The molecule has 20 heavy (non-hydrogen) atoms. The Morgan fingerprint density at radius 3 is 2.85 bits per heavy atom. The number of hydrogen-bond acceptors (Lipinski definition) is 3. The minimum atomic E-state index is -1.02. The Hall–Kier alpha value is -1.53. The zero-order valence-corrected chi connectivity index (χ0v) is 12.4. The number of hydrogen-bond donors (Lipinski definition) is 1. The molecule has 0 radical (unpaired) electrons. The van der Waals surface area contributed by atoms with Crippen LogP contribution in [0.25, 0.3) is 0 Å². The Balaban J connectivity index is 2.30. The topological polar surface area (TPSA) is 34.2 Å². The lowest BCUT2D eigenvalue weighted by atomic mass is 10.2. The van der Waals surface area contributed by atoms with Gasteiger partial charge in [-0.3, -0.25) is 4.98 Å². The maximum Gasteiger partial charge on any atom is 0.201 e. The van der Waals surface area contributed by atoms with E-state index in [2.05, 4.69) is 26.2 Å². The summed E-state index contributed by atoms with van der Waals surface area (Å²) in [5.74, 6) is -1.77.